The van der Waals surface area contributed by atoms with Crippen LogP contribution < -0.4 is 4.72 Å². The summed E-state index contributed by atoms with van der Waals surface area (Å²) in [6.45, 7) is 1.95. The minimum atomic E-state index is -3.40. The van der Waals surface area contributed by atoms with Crippen LogP contribution in [0.25, 0.3) is 10.9 Å². The van der Waals surface area contributed by atoms with Gasteiger partial charge in [0.1, 0.15) is 0 Å². The number of hydrogen-bond acceptors (Lipinski definition) is 3. The molecule has 0 bridgehead atoms. The summed E-state index contributed by atoms with van der Waals surface area (Å²) in [4.78, 5) is 0. The number of aromatic nitrogens is 1. The summed E-state index contributed by atoms with van der Waals surface area (Å²) in [5, 5.41) is 11.4. The second-order valence-corrected chi connectivity index (χ2v) is 8.32. The summed E-state index contributed by atoms with van der Waals surface area (Å²) in [5.74, 6) is 0. The molecule has 0 saturated heterocycles. The highest BCUT2D eigenvalue weighted by atomic mass is 35.5. The average molecular weight is 388 g/mol. The molecule has 2 aromatic carbocycles. The van der Waals surface area contributed by atoms with Gasteiger partial charge in [-0.3, -0.25) is 4.72 Å². The molecule has 0 aliphatic rings. The third-order valence-corrected chi connectivity index (χ3v) is 5.30. The molecule has 0 saturated carbocycles. The molecule has 0 spiro atoms. The highest BCUT2D eigenvalue weighted by Crippen LogP contribution is 2.36. The van der Waals surface area contributed by atoms with Gasteiger partial charge in [0.25, 0.3) is 0 Å². The van der Waals surface area contributed by atoms with E-state index in [4.69, 9.17) is 11.6 Å². The van der Waals surface area contributed by atoms with Gasteiger partial charge in [0, 0.05) is 16.6 Å². The van der Waals surface area contributed by atoms with Crippen LogP contribution in [-0.2, 0) is 15.6 Å². The molecule has 0 radical (unpaired) electrons. The number of anilines is 1. The molecule has 1 unspecified atom stereocenters. The van der Waals surface area contributed by atoms with E-state index in [2.05, 4.69) is 10.8 Å². The van der Waals surface area contributed by atoms with Crippen molar-refractivity contribution in [3.8, 4) is 6.07 Å². The maximum atomic E-state index is 11.6. The Kier molecular flexibility index (Phi) is 4.70. The van der Waals surface area contributed by atoms with Crippen molar-refractivity contribution in [1.82, 2.24) is 4.57 Å². The third-order valence-electron chi connectivity index (χ3n) is 4.46. The molecule has 0 amide bonds. The van der Waals surface area contributed by atoms with Crippen LogP contribution in [0.1, 0.15) is 18.9 Å². The highest BCUT2D eigenvalue weighted by molar-refractivity contribution is 7.92. The van der Waals surface area contributed by atoms with E-state index in [0.717, 1.165) is 22.7 Å². The van der Waals surface area contributed by atoms with Crippen molar-refractivity contribution in [2.75, 3.05) is 11.0 Å². The maximum Gasteiger partial charge on any atom is 0.229 e. The van der Waals surface area contributed by atoms with E-state index in [1.165, 1.54) is 0 Å². The zero-order chi connectivity index (χ0) is 18.9. The number of halogens is 1. The molecule has 3 aromatic rings. The number of hydrogen-bond donors (Lipinski definition) is 1. The van der Waals surface area contributed by atoms with Crippen LogP contribution in [0.5, 0.6) is 0 Å². The highest BCUT2D eigenvalue weighted by Gasteiger charge is 2.33. The molecule has 1 N–H and O–H groups in total. The molecule has 3 rings (SSSR count). The predicted octanol–water partition coefficient (Wildman–Crippen LogP) is 4.34. The quantitative estimate of drug-likeness (QED) is 0.707. The molecule has 1 aromatic heterocycles. The van der Waals surface area contributed by atoms with Crippen LogP contribution in [0.3, 0.4) is 0 Å². The summed E-state index contributed by atoms with van der Waals surface area (Å²) in [6.07, 6.45) is 3.47. The summed E-state index contributed by atoms with van der Waals surface area (Å²) in [5.41, 5.74) is 1.17. The fourth-order valence-corrected chi connectivity index (χ4v) is 3.93. The average Bonchev–Trinajstić information content (AvgIpc) is 3.03. The SMILES string of the molecule is CCC(C#N)(c1ccc(Cl)cc1)n1ccc2c(NS(C)(=O)=O)cccc21. The Morgan fingerprint density at radius 3 is 2.46 bits per heavy atom. The minimum Gasteiger partial charge on any atom is -0.324 e. The van der Waals surface area contributed by atoms with Gasteiger partial charge in [0.05, 0.1) is 23.5 Å². The lowest BCUT2D eigenvalue weighted by Crippen LogP contribution is -2.32. The molecule has 0 fully saturated rings. The second-order valence-electron chi connectivity index (χ2n) is 6.13. The van der Waals surface area contributed by atoms with Gasteiger partial charge in [-0.15, -0.1) is 0 Å². The van der Waals surface area contributed by atoms with E-state index in [9.17, 15) is 13.7 Å². The minimum absolute atomic E-state index is 0.489. The smallest absolute Gasteiger partial charge is 0.229 e. The lowest BCUT2D eigenvalue weighted by atomic mass is 9.88. The topological polar surface area (TPSA) is 74.9 Å². The van der Waals surface area contributed by atoms with Crippen LogP contribution in [0, 0.1) is 11.3 Å². The predicted molar refractivity (Wildman–Crippen MR) is 105 cm³/mol. The molecule has 0 aliphatic carbocycles. The van der Waals surface area contributed by atoms with Gasteiger partial charge in [-0.2, -0.15) is 5.26 Å². The number of nitriles is 1. The summed E-state index contributed by atoms with van der Waals surface area (Å²) in [7, 11) is -3.40. The summed E-state index contributed by atoms with van der Waals surface area (Å²) in [6, 6.07) is 16.8. The lowest BCUT2D eigenvalue weighted by molar-refractivity contribution is 0.459. The van der Waals surface area contributed by atoms with Gasteiger partial charge in [-0.1, -0.05) is 36.7 Å². The maximum absolute atomic E-state index is 11.6. The van der Waals surface area contributed by atoms with E-state index in [1.807, 2.05) is 42.0 Å². The normalized spacial score (nSPS) is 13.9. The molecule has 1 atom stereocenters. The van der Waals surface area contributed by atoms with E-state index in [0.29, 0.717) is 17.1 Å². The van der Waals surface area contributed by atoms with E-state index < -0.39 is 15.6 Å². The molecule has 0 aliphatic heterocycles. The fourth-order valence-electron chi connectivity index (χ4n) is 3.23. The van der Waals surface area contributed by atoms with Crippen LogP contribution in [-0.4, -0.2) is 19.2 Å². The Hall–Kier alpha value is -2.49. The van der Waals surface area contributed by atoms with Gasteiger partial charge in [-0.25, -0.2) is 8.42 Å². The van der Waals surface area contributed by atoms with Crippen LogP contribution >= 0.6 is 11.6 Å². The van der Waals surface area contributed by atoms with Crippen molar-refractivity contribution >= 4 is 38.2 Å². The molecular weight excluding hydrogens is 370 g/mol. The van der Waals surface area contributed by atoms with Crippen molar-refractivity contribution in [2.45, 2.75) is 18.9 Å². The van der Waals surface area contributed by atoms with Crippen molar-refractivity contribution < 1.29 is 8.42 Å². The summed E-state index contributed by atoms with van der Waals surface area (Å²) < 4.78 is 27.7. The molecular formula is C19H18ClN3O2S. The first-order valence-electron chi connectivity index (χ1n) is 8.06. The first-order valence-corrected chi connectivity index (χ1v) is 10.3. The number of nitrogens with zero attached hydrogens (tertiary/aromatic N) is 2. The van der Waals surface area contributed by atoms with Crippen LogP contribution in [0.4, 0.5) is 5.69 Å². The van der Waals surface area contributed by atoms with Gasteiger partial charge in [0.15, 0.2) is 5.54 Å². The molecule has 134 valence electrons. The van der Waals surface area contributed by atoms with Crippen molar-refractivity contribution in [3.63, 3.8) is 0 Å². The Balaban J connectivity index is 2.24. The van der Waals surface area contributed by atoms with Gasteiger partial charge in [0.2, 0.25) is 10.0 Å². The molecule has 1 heterocycles. The van der Waals surface area contributed by atoms with Gasteiger partial charge < -0.3 is 4.57 Å². The van der Waals surface area contributed by atoms with Crippen molar-refractivity contribution in [3.05, 3.63) is 65.3 Å². The Labute approximate surface area is 157 Å². The standard InChI is InChI=1S/C19H18ClN3O2S/c1-3-19(13-21,14-7-9-15(20)10-8-14)23-12-11-16-17(22-26(2,24)25)5-4-6-18(16)23/h4-12,22H,3H2,1-2H3. The Morgan fingerprint density at radius 2 is 1.88 bits per heavy atom. The number of rotatable bonds is 5. The largest absolute Gasteiger partial charge is 0.324 e. The fraction of sp³-hybridized carbons (Fsp3) is 0.211. The second kappa shape index (κ2) is 6.67. The van der Waals surface area contributed by atoms with Crippen LogP contribution in [0.2, 0.25) is 5.02 Å². The monoisotopic (exact) mass is 387 g/mol. The Bertz CT molecular complexity index is 1100. The van der Waals surface area contributed by atoms with Crippen molar-refractivity contribution in [2.24, 2.45) is 0 Å². The number of fused-ring (bicyclic) bond motifs is 1. The third kappa shape index (κ3) is 3.16. The number of sulfonamides is 1. The lowest BCUT2D eigenvalue weighted by Gasteiger charge is -2.29. The Morgan fingerprint density at radius 1 is 1.19 bits per heavy atom. The van der Waals surface area contributed by atoms with Gasteiger partial charge in [-0.05, 0) is 42.3 Å². The molecule has 7 heteroatoms. The first kappa shape index (κ1) is 18.3. The summed E-state index contributed by atoms with van der Waals surface area (Å²) >= 11 is 6.00. The zero-order valence-corrected chi connectivity index (χ0v) is 16.0. The number of nitrogens with one attached hydrogen (secondary N) is 1. The van der Waals surface area contributed by atoms with Crippen LogP contribution in [0.15, 0.2) is 54.7 Å². The first-order chi connectivity index (χ1) is 12.3. The number of benzene rings is 2. The van der Waals surface area contributed by atoms with Gasteiger partial charge >= 0.3 is 0 Å². The van der Waals surface area contributed by atoms with E-state index in [1.54, 1.807) is 24.3 Å². The van der Waals surface area contributed by atoms with E-state index >= 15 is 0 Å². The zero-order valence-electron chi connectivity index (χ0n) is 14.4. The van der Waals surface area contributed by atoms with Crippen molar-refractivity contribution in [1.29, 1.82) is 5.26 Å². The molecule has 26 heavy (non-hydrogen) atoms. The molecule has 5 nitrogen and oxygen atoms in total. The van der Waals surface area contributed by atoms with E-state index in [-0.39, 0.29) is 0 Å².